The molecule has 0 fully saturated rings. The number of benzene rings is 1. The average Bonchev–Trinajstić information content (AvgIpc) is 3.05. The van der Waals surface area contributed by atoms with Crippen molar-refractivity contribution in [2.24, 2.45) is 5.16 Å². The smallest absolute Gasteiger partial charge is 0.140 e. The Balaban J connectivity index is 1.84. The molecule has 0 aliphatic heterocycles. The van der Waals surface area contributed by atoms with Crippen LogP contribution in [-0.2, 0) is 13.0 Å². The predicted octanol–water partition coefficient (Wildman–Crippen LogP) is 2.85. The van der Waals surface area contributed by atoms with Crippen molar-refractivity contribution >= 4 is 17.0 Å². The van der Waals surface area contributed by atoms with Crippen LogP contribution in [-0.4, -0.2) is 15.9 Å². The molecule has 18 heavy (non-hydrogen) atoms. The number of thiazole rings is 1. The SMILES string of the molecule is ON=C1CCc2c(OCc3nccs3)cccc21. The van der Waals surface area contributed by atoms with Gasteiger partial charge in [-0.2, -0.15) is 0 Å². The summed E-state index contributed by atoms with van der Waals surface area (Å²) in [5.41, 5.74) is 2.86. The Morgan fingerprint density at radius 2 is 2.33 bits per heavy atom. The molecule has 1 N–H and O–H groups in total. The summed E-state index contributed by atoms with van der Waals surface area (Å²) in [6.07, 6.45) is 3.40. The van der Waals surface area contributed by atoms with Gasteiger partial charge in [0.25, 0.3) is 0 Å². The van der Waals surface area contributed by atoms with Gasteiger partial charge in [-0.1, -0.05) is 17.3 Å². The number of ether oxygens (including phenoxy) is 1. The van der Waals surface area contributed by atoms with Gasteiger partial charge in [-0.15, -0.1) is 11.3 Å². The monoisotopic (exact) mass is 260 g/mol. The fourth-order valence-electron chi connectivity index (χ4n) is 2.17. The molecule has 0 amide bonds. The Labute approximate surface area is 109 Å². The molecule has 1 aromatic carbocycles. The van der Waals surface area contributed by atoms with E-state index in [1.165, 1.54) is 0 Å². The normalized spacial score (nSPS) is 15.9. The Morgan fingerprint density at radius 1 is 1.39 bits per heavy atom. The van der Waals surface area contributed by atoms with Crippen molar-refractivity contribution in [2.45, 2.75) is 19.4 Å². The second-order valence-corrected chi connectivity index (χ2v) is 5.02. The average molecular weight is 260 g/mol. The molecule has 3 rings (SSSR count). The maximum atomic E-state index is 8.92. The van der Waals surface area contributed by atoms with E-state index in [2.05, 4.69) is 10.1 Å². The van der Waals surface area contributed by atoms with Crippen LogP contribution in [0.15, 0.2) is 34.9 Å². The van der Waals surface area contributed by atoms with Gasteiger partial charge in [-0.3, -0.25) is 0 Å². The summed E-state index contributed by atoms with van der Waals surface area (Å²) in [5.74, 6) is 0.862. The van der Waals surface area contributed by atoms with E-state index in [-0.39, 0.29) is 0 Å². The summed E-state index contributed by atoms with van der Waals surface area (Å²) in [5, 5.41) is 15.1. The number of hydrogen-bond acceptors (Lipinski definition) is 5. The third-order valence-electron chi connectivity index (χ3n) is 3.01. The minimum atomic E-state index is 0.486. The summed E-state index contributed by atoms with van der Waals surface area (Å²) in [4.78, 5) is 4.19. The van der Waals surface area contributed by atoms with Gasteiger partial charge in [0.05, 0.1) is 5.71 Å². The van der Waals surface area contributed by atoms with Crippen molar-refractivity contribution in [3.63, 3.8) is 0 Å². The maximum absolute atomic E-state index is 8.92. The van der Waals surface area contributed by atoms with Crippen LogP contribution < -0.4 is 4.74 Å². The van der Waals surface area contributed by atoms with Crippen LogP contribution in [0.2, 0.25) is 0 Å². The quantitative estimate of drug-likeness (QED) is 0.682. The Bertz CT molecular complexity index is 579. The van der Waals surface area contributed by atoms with Crippen LogP contribution in [0.3, 0.4) is 0 Å². The number of fused-ring (bicyclic) bond motifs is 1. The van der Waals surface area contributed by atoms with Crippen LogP contribution >= 0.6 is 11.3 Å². The van der Waals surface area contributed by atoms with Crippen LogP contribution in [0.25, 0.3) is 0 Å². The van der Waals surface area contributed by atoms with Crippen molar-refractivity contribution < 1.29 is 9.94 Å². The van der Waals surface area contributed by atoms with Crippen LogP contribution in [0.5, 0.6) is 5.75 Å². The highest BCUT2D eigenvalue weighted by molar-refractivity contribution is 7.09. The van der Waals surface area contributed by atoms with E-state index in [1.807, 2.05) is 23.6 Å². The Kier molecular flexibility index (Phi) is 2.98. The lowest BCUT2D eigenvalue weighted by Crippen LogP contribution is -1.99. The van der Waals surface area contributed by atoms with E-state index in [9.17, 15) is 0 Å². The van der Waals surface area contributed by atoms with Crippen LogP contribution in [0.1, 0.15) is 22.6 Å². The number of rotatable bonds is 3. The van der Waals surface area contributed by atoms with Crippen LogP contribution in [0, 0.1) is 0 Å². The molecule has 0 spiro atoms. The van der Waals surface area contributed by atoms with Gasteiger partial charge in [0.15, 0.2) is 0 Å². The number of hydrogen-bond donors (Lipinski definition) is 1. The summed E-state index contributed by atoms with van der Waals surface area (Å²) in [7, 11) is 0. The first-order chi connectivity index (χ1) is 8.88. The molecule has 4 nitrogen and oxygen atoms in total. The summed E-state index contributed by atoms with van der Waals surface area (Å²) < 4.78 is 5.80. The summed E-state index contributed by atoms with van der Waals surface area (Å²) in [6.45, 7) is 0.486. The molecule has 0 bridgehead atoms. The first-order valence-electron chi connectivity index (χ1n) is 5.73. The number of oxime groups is 1. The molecule has 0 unspecified atom stereocenters. The fourth-order valence-corrected chi connectivity index (χ4v) is 2.70. The molecule has 1 heterocycles. The molecular formula is C13H12N2O2S. The highest BCUT2D eigenvalue weighted by Crippen LogP contribution is 2.31. The van der Waals surface area contributed by atoms with Gasteiger partial charge < -0.3 is 9.94 Å². The summed E-state index contributed by atoms with van der Waals surface area (Å²) >= 11 is 1.58. The van der Waals surface area contributed by atoms with Gasteiger partial charge in [0, 0.05) is 22.7 Å². The van der Waals surface area contributed by atoms with Gasteiger partial charge in [0.2, 0.25) is 0 Å². The highest BCUT2D eigenvalue weighted by atomic mass is 32.1. The molecule has 0 saturated heterocycles. The van der Waals surface area contributed by atoms with E-state index >= 15 is 0 Å². The van der Waals surface area contributed by atoms with Gasteiger partial charge in [-0.05, 0) is 18.9 Å². The first-order valence-corrected chi connectivity index (χ1v) is 6.61. The second kappa shape index (κ2) is 4.78. The molecule has 0 saturated carbocycles. The molecule has 0 atom stereocenters. The van der Waals surface area contributed by atoms with E-state index in [0.717, 1.165) is 40.4 Å². The molecule has 1 aliphatic rings. The topological polar surface area (TPSA) is 54.7 Å². The van der Waals surface area contributed by atoms with Crippen molar-refractivity contribution in [1.82, 2.24) is 4.98 Å². The molecular weight excluding hydrogens is 248 g/mol. The lowest BCUT2D eigenvalue weighted by Gasteiger charge is -2.09. The predicted molar refractivity (Wildman–Crippen MR) is 69.5 cm³/mol. The fraction of sp³-hybridized carbons (Fsp3) is 0.231. The number of aromatic nitrogens is 1. The van der Waals surface area contributed by atoms with Gasteiger partial charge >= 0.3 is 0 Å². The molecule has 1 aliphatic carbocycles. The zero-order valence-electron chi connectivity index (χ0n) is 9.67. The van der Waals surface area contributed by atoms with E-state index in [1.54, 1.807) is 17.5 Å². The maximum Gasteiger partial charge on any atom is 0.140 e. The molecule has 92 valence electrons. The lowest BCUT2D eigenvalue weighted by atomic mass is 10.1. The standard InChI is InChI=1S/C13H12N2O2S/c16-15-11-5-4-10-9(11)2-1-3-12(10)17-8-13-14-6-7-18-13/h1-3,6-7,16H,4-5,8H2. The lowest BCUT2D eigenvalue weighted by molar-refractivity contribution is 0.302. The Morgan fingerprint density at radius 3 is 3.11 bits per heavy atom. The minimum absolute atomic E-state index is 0.486. The summed E-state index contributed by atoms with van der Waals surface area (Å²) in [6, 6.07) is 5.84. The van der Waals surface area contributed by atoms with Crippen molar-refractivity contribution in [3.05, 3.63) is 45.9 Å². The van der Waals surface area contributed by atoms with E-state index in [0.29, 0.717) is 6.61 Å². The van der Waals surface area contributed by atoms with Gasteiger partial charge in [0.1, 0.15) is 17.4 Å². The molecule has 2 aromatic rings. The largest absolute Gasteiger partial charge is 0.486 e. The highest BCUT2D eigenvalue weighted by Gasteiger charge is 2.21. The van der Waals surface area contributed by atoms with Crippen molar-refractivity contribution in [2.75, 3.05) is 0 Å². The van der Waals surface area contributed by atoms with Crippen molar-refractivity contribution in [3.8, 4) is 5.75 Å². The second-order valence-electron chi connectivity index (χ2n) is 4.04. The van der Waals surface area contributed by atoms with Crippen molar-refractivity contribution in [1.29, 1.82) is 0 Å². The van der Waals surface area contributed by atoms with E-state index in [4.69, 9.17) is 9.94 Å². The molecule has 1 aromatic heterocycles. The van der Waals surface area contributed by atoms with Crippen LogP contribution in [0.4, 0.5) is 0 Å². The zero-order chi connectivity index (χ0) is 12.4. The zero-order valence-corrected chi connectivity index (χ0v) is 10.5. The van der Waals surface area contributed by atoms with E-state index < -0.39 is 0 Å². The third-order valence-corrected chi connectivity index (χ3v) is 3.76. The molecule has 0 radical (unpaired) electrons. The molecule has 5 heteroatoms. The Hall–Kier alpha value is -1.88. The number of nitrogens with zero attached hydrogens (tertiary/aromatic N) is 2. The first kappa shape index (κ1) is 11.2. The van der Waals surface area contributed by atoms with Gasteiger partial charge in [-0.25, -0.2) is 4.98 Å². The third kappa shape index (κ3) is 1.97. The minimum Gasteiger partial charge on any atom is -0.486 e.